The first kappa shape index (κ1) is 10.8. The lowest BCUT2D eigenvalue weighted by molar-refractivity contribution is 1.36. The van der Waals surface area contributed by atoms with Crippen molar-refractivity contribution in [3.63, 3.8) is 0 Å². The van der Waals surface area contributed by atoms with Crippen molar-refractivity contribution < 1.29 is 0 Å². The highest BCUT2D eigenvalue weighted by Crippen LogP contribution is 2.25. The van der Waals surface area contributed by atoms with Crippen molar-refractivity contribution in [2.75, 3.05) is 11.5 Å². The zero-order valence-corrected chi connectivity index (χ0v) is 8.22. The van der Waals surface area contributed by atoms with Gasteiger partial charge in [0.25, 0.3) is 0 Å². The molecule has 0 aromatic heterocycles. The van der Waals surface area contributed by atoms with Gasteiger partial charge < -0.3 is 11.5 Å². The number of halogens is 1. The standard InChI is InChI=1S/C6H8N2S2.ClH/c7-3-1-4(8)6(10)2-5(3)9;/h1-2,9-10H,7-8H2;1H. The summed E-state index contributed by atoms with van der Waals surface area (Å²) in [5, 5.41) is 0. The number of thiol groups is 2. The Morgan fingerprint density at radius 2 is 1.27 bits per heavy atom. The third-order valence-electron chi connectivity index (χ3n) is 1.18. The Bertz CT molecular complexity index is 215. The van der Waals surface area contributed by atoms with E-state index in [2.05, 4.69) is 25.3 Å². The Labute approximate surface area is 82.6 Å². The number of benzene rings is 1. The molecular formula is C6H9ClN2S2. The fourth-order valence-electron chi connectivity index (χ4n) is 0.612. The third kappa shape index (κ3) is 2.39. The van der Waals surface area contributed by atoms with Crippen molar-refractivity contribution >= 4 is 49.0 Å². The molecule has 0 saturated heterocycles. The summed E-state index contributed by atoms with van der Waals surface area (Å²) in [4.78, 5) is 1.42. The molecule has 0 bridgehead atoms. The molecule has 2 nitrogen and oxygen atoms in total. The molecule has 0 unspecified atom stereocenters. The van der Waals surface area contributed by atoms with E-state index in [9.17, 15) is 0 Å². The van der Waals surface area contributed by atoms with E-state index in [0.29, 0.717) is 21.2 Å². The lowest BCUT2D eigenvalue weighted by Gasteiger charge is -2.02. The highest BCUT2D eigenvalue weighted by atomic mass is 35.5. The van der Waals surface area contributed by atoms with Crippen LogP contribution in [0.4, 0.5) is 11.4 Å². The average molecular weight is 209 g/mol. The van der Waals surface area contributed by atoms with Gasteiger partial charge in [0.2, 0.25) is 0 Å². The summed E-state index contributed by atoms with van der Waals surface area (Å²) >= 11 is 8.17. The van der Waals surface area contributed by atoms with Crippen molar-refractivity contribution in [1.82, 2.24) is 0 Å². The second-order valence-electron chi connectivity index (χ2n) is 1.97. The minimum atomic E-state index is 0. The van der Waals surface area contributed by atoms with Crippen LogP contribution in [0.25, 0.3) is 0 Å². The lowest BCUT2D eigenvalue weighted by Crippen LogP contribution is -1.92. The number of nitrogens with two attached hydrogens (primary N) is 2. The summed E-state index contributed by atoms with van der Waals surface area (Å²) in [6, 6.07) is 3.36. The quantitative estimate of drug-likeness (QED) is 0.389. The third-order valence-corrected chi connectivity index (χ3v) is 1.95. The predicted molar refractivity (Wildman–Crippen MR) is 57.0 cm³/mol. The Hall–Kier alpha value is -0.190. The van der Waals surface area contributed by atoms with E-state index in [-0.39, 0.29) is 12.4 Å². The molecule has 0 spiro atoms. The van der Waals surface area contributed by atoms with E-state index in [1.54, 1.807) is 12.1 Å². The molecule has 4 N–H and O–H groups in total. The Morgan fingerprint density at radius 1 is 0.909 bits per heavy atom. The van der Waals surface area contributed by atoms with Gasteiger partial charge in [-0.1, -0.05) is 0 Å². The maximum absolute atomic E-state index is 5.50. The molecule has 1 aromatic carbocycles. The topological polar surface area (TPSA) is 52.0 Å². The van der Waals surface area contributed by atoms with Crippen LogP contribution in [-0.2, 0) is 0 Å². The van der Waals surface area contributed by atoms with Gasteiger partial charge >= 0.3 is 0 Å². The predicted octanol–water partition coefficient (Wildman–Crippen LogP) is 1.85. The first-order chi connectivity index (χ1) is 4.61. The van der Waals surface area contributed by atoms with Crippen LogP contribution >= 0.6 is 37.7 Å². The largest absolute Gasteiger partial charge is 0.398 e. The van der Waals surface area contributed by atoms with Gasteiger partial charge in [-0.25, -0.2) is 0 Å². The van der Waals surface area contributed by atoms with E-state index < -0.39 is 0 Å². The second kappa shape index (κ2) is 3.99. The first-order valence-corrected chi connectivity index (χ1v) is 3.57. The molecule has 62 valence electrons. The van der Waals surface area contributed by atoms with Crippen LogP contribution < -0.4 is 11.5 Å². The monoisotopic (exact) mass is 208 g/mol. The van der Waals surface area contributed by atoms with Crippen molar-refractivity contribution in [2.24, 2.45) is 0 Å². The van der Waals surface area contributed by atoms with Gasteiger partial charge in [-0.2, -0.15) is 0 Å². The van der Waals surface area contributed by atoms with Crippen molar-refractivity contribution in [1.29, 1.82) is 0 Å². The van der Waals surface area contributed by atoms with Crippen LogP contribution in [0.2, 0.25) is 0 Å². The minimum Gasteiger partial charge on any atom is -0.398 e. The van der Waals surface area contributed by atoms with Gasteiger partial charge in [0, 0.05) is 21.2 Å². The van der Waals surface area contributed by atoms with Crippen LogP contribution in [0, 0.1) is 0 Å². The molecule has 0 aliphatic heterocycles. The van der Waals surface area contributed by atoms with Gasteiger partial charge in [-0.15, -0.1) is 37.7 Å². The fraction of sp³-hybridized carbons (Fsp3) is 0. The fourth-order valence-corrected chi connectivity index (χ4v) is 1.10. The summed E-state index contributed by atoms with van der Waals surface area (Å²) in [6.07, 6.45) is 0. The number of nitrogen functional groups attached to an aromatic ring is 2. The number of rotatable bonds is 0. The molecule has 0 atom stereocenters. The smallest absolute Gasteiger partial charge is 0.0471 e. The molecule has 0 fully saturated rings. The summed E-state index contributed by atoms with van der Waals surface area (Å²) in [7, 11) is 0. The van der Waals surface area contributed by atoms with Crippen LogP contribution in [0.5, 0.6) is 0 Å². The zero-order chi connectivity index (χ0) is 7.72. The van der Waals surface area contributed by atoms with Gasteiger partial charge in [-0.05, 0) is 12.1 Å². The summed E-state index contributed by atoms with van der Waals surface area (Å²) in [5.74, 6) is 0. The van der Waals surface area contributed by atoms with E-state index in [0.717, 1.165) is 0 Å². The molecular weight excluding hydrogens is 200 g/mol. The highest BCUT2D eigenvalue weighted by molar-refractivity contribution is 7.81. The van der Waals surface area contributed by atoms with Crippen LogP contribution in [0.1, 0.15) is 0 Å². The normalized spacial score (nSPS) is 8.91. The van der Waals surface area contributed by atoms with Crippen LogP contribution in [0.3, 0.4) is 0 Å². The molecule has 1 rings (SSSR count). The zero-order valence-electron chi connectivity index (χ0n) is 5.61. The molecule has 5 heteroatoms. The molecule has 0 amide bonds. The van der Waals surface area contributed by atoms with Crippen molar-refractivity contribution in [3.05, 3.63) is 12.1 Å². The molecule has 11 heavy (non-hydrogen) atoms. The lowest BCUT2D eigenvalue weighted by atomic mass is 10.3. The van der Waals surface area contributed by atoms with Crippen LogP contribution in [-0.4, -0.2) is 0 Å². The molecule has 0 saturated carbocycles. The molecule has 0 radical (unpaired) electrons. The summed E-state index contributed by atoms with van der Waals surface area (Å²) in [5.41, 5.74) is 12.2. The molecule has 0 heterocycles. The SMILES string of the molecule is Cl.Nc1cc(N)c(S)cc1S. The Morgan fingerprint density at radius 3 is 1.55 bits per heavy atom. The maximum atomic E-state index is 5.50. The van der Waals surface area contributed by atoms with Gasteiger partial charge in [0.05, 0.1) is 0 Å². The highest BCUT2D eigenvalue weighted by Gasteiger charge is 1.98. The van der Waals surface area contributed by atoms with Gasteiger partial charge in [0.1, 0.15) is 0 Å². The molecule has 1 aromatic rings. The minimum absolute atomic E-state index is 0. The van der Waals surface area contributed by atoms with Crippen molar-refractivity contribution in [3.8, 4) is 0 Å². The van der Waals surface area contributed by atoms with Gasteiger partial charge in [-0.3, -0.25) is 0 Å². The average Bonchev–Trinajstić information content (AvgIpc) is 1.84. The first-order valence-electron chi connectivity index (χ1n) is 2.68. The Kier molecular flexibility index (Phi) is 3.92. The van der Waals surface area contributed by atoms with E-state index in [1.807, 2.05) is 0 Å². The van der Waals surface area contributed by atoms with E-state index >= 15 is 0 Å². The second-order valence-corrected chi connectivity index (χ2v) is 2.93. The Balaban J connectivity index is 0.000001000. The number of hydrogen-bond donors (Lipinski definition) is 4. The van der Waals surface area contributed by atoms with E-state index in [1.165, 1.54) is 0 Å². The van der Waals surface area contributed by atoms with Crippen molar-refractivity contribution in [2.45, 2.75) is 9.79 Å². The van der Waals surface area contributed by atoms with Gasteiger partial charge in [0.15, 0.2) is 0 Å². The number of hydrogen-bond acceptors (Lipinski definition) is 4. The molecule has 0 aliphatic carbocycles. The number of anilines is 2. The van der Waals surface area contributed by atoms with E-state index in [4.69, 9.17) is 11.5 Å². The maximum Gasteiger partial charge on any atom is 0.0471 e. The molecule has 0 aliphatic rings. The van der Waals surface area contributed by atoms with Crippen LogP contribution in [0.15, 0.2) is 21.9 Å². The summed E-state index contributed by atoms with van der Waals surface area (Å²) in [6.45, 7) is 0. The summed E-state index contributed by atoms with van der Waals surface area (Å²) < 4.78 is 0.